The van der Waals surface area contributed by atoms with Gasteiger partial charge in [0.25, 0.3) is 0 Å². The molecule has 0 amide bonds. The monoisotopic (exact) mass is 402 g/mol. The molecular weight excluding hydrogens is 368 g/mol. The summed E-state index contributed by atoms with van der Waals surface area (Å²) in [6, 6.07) is 0. The highest BCUT2D eigenvalue weighted by molar-refractivity contribution is 5.92. The van der Waals surface area contributed by atoms with Crippen LogP contribution in [-0.4, -0.2) is 34.3 Å². The highest BCUT2D eigenvalue weighted by Gasteiger charge is 2.67. The van der Waals surface area contributed by atoms with Gasteiger partial charge in [-0.15, -0.1) is 0 Å². The van der Waals surface area contributed by atoms with Crippen LogP contribution in [0.5, 0.6) is 0 Å². The van der Waals surface area contributed by atoms with Crippen molar-refractivity contribution in [2.45, 2.75) is 84.8 Å². The highest BCUT2D eigenvalue weighted by Crippen LogP contribution is 2.68. The van der Waals surface area contributed by atoms with Crippen LogP contribution in [0.1, 0.15) is 73.1 Å². The summed E-state index contributed by atoms with van der Waals surface area (Å²) in [5.41, 5.74) is -0.871. The van der Waals surface area contributed by atoms with E-state index in [1.54, 1.807) is 0 Å². The molecule has 0 bridgehead atoms. The Morgan fingerprint density at radius 1 is 1.14 bits per heavy atom. The molecule has 0 aliphatic heterocycles. The lowest BCUT2D eigenvalue weighted by atomic mass is 9.44. The van der Waals surface area contributed by atoms with Crippen molar-refractivity contribution in [2.24, 2.45) is 34.5 Å². The lowest BCUT2D eigenvalue weighted by molar-refractivity contribution is -0.175. The molecule has 4 aliphatic carbocycles. The predicted molar refractivity (Wildman–Crippen MR) is 108 cm³/mol. The van der Waals surface area contributed by atoms with Gasteiger partial charge in [-0.25, -0.2) is 0 Å². The van der Waals surface area contributed by atoms with Crippen LogP contribution in [0.2, 0.25) is 0 Å². The molecule has 0 saturated heterocycles. The summed E-state index contributed by atoms with van der Waals surface area (Å²) < 4.78 is 5.74. The number of esters is 1. The van der Waals surface area contributed by atoms with Gasteiger partial charge in [0.15, 0.2) is 11.6 Å². The molecule has 0 radical (unpaired) electrons. The third-order valence-corrected chi connectivity index (χ3v) is 9.40. The Morgan fingerprint density at radius 2 is 1.79 bits per heavy atom. The van der Waals surface area contributed by atoms with Gasteiger partial charge in [-0.1, -0.05) is 26.3 Å². The van der Waals surface area contributed by atoms with E-state index in [0.717, 1.165) is 31.3 Å². The molecule has 0 aromatic carbocycles. The van der Waals surface area contributed by atoms with E-state index in [1.807, 2.05) is 6.08 Å². The molecule has 160 valence electrons. The molecule has 2 unspecified atom stereocenters. The number of carbonyl (C=O) groups excluding carboxylic acids is 3. The second-order valence-electron chi connectivity index (χ2n) is 10.6. The Labute approximate surface area is 173 Å². The molecule has 4 aliphatic rings. The average molecular weight is 403 g/mol. The third-order valence-electron chi connectivity index (χ3n) is 9.40. The topological polar surface area (TPSA) is 80.7 Å². The van der Waals surface area contributed by atoms with Gasteiger partial charge in [-0.3, -0.25) is 14.4 Å². The van der Waals surface area contributed by atoms with Crippen LogP contribution < -0.4 is 0 Å². The molecule has 5 heteroatoms. The molecular formula is C24H34O5. The van der Waals surface area contributed by atoms with Crippen molar-refractivity contribution in [2.75, 3.05) is 0 Å². The first-order valence-corrected chi connectivity index (χ1v) is 11.1. The first-order chi connectivity index (χ1) is 13.4. The van der Waals surface area contributed by atoms with Gasteiger partial charge >= 0.3 is 5.97 Å². The molecule has 5 nitrogen and oxygen atoms in total. The van der Waals surface area contributed by atoms with Gasteiger partial charge in [-0.2, -0.15) is 0 Å². The second kappa shape index (κ2) is 6.50. The molecule has 8 atom stereocenters. The van der Waals surface area contributed by atoms with Crippen LogP contribution in [0.25, 0.3) is 0 Å². The van der Waals surface area contributed by atoms with E-state index in [-0.39, 0.29) is 47.1 Å². The zero-order valence-electron chi connectivity index (χ0n) is 18.3. The fourth-order valence-corrected chi connectivity index (χ4v) is 7.95. The van der Waals surface area contributed by atoms with Crippen molar-refractivity contribution < 1.29 is 24.2 Å². The Balaban J connectivity index is 1.77. The van der Waals surface area contributed by atoms with Gasteiger partial charge in [0.2, 0.25) is 0 Å². The van der Waals surface area contributed by atoms with Crippen LogP contribution >= 0.6 is 0 Å². The third kappa shape index (κ3) is 2.65. The van der Waals surface area contributed by atoms with Gasteiger partial charge in [0, 0.05) is 24.2 Å². The number of hydrogen-bond donors (Lipinski definition) is 1. The summed E-state index contributed by atoms with van der Waals surface area (Å²) in [6.07, 6.45) is 5.64. The molecule has 0 aromatic heterocycles. The lowest BCUT2D eigenvalue weighted by Crippen LogP contribution is -2.60. The minimum absolute atomic E-state index is 0.0430. The van der Waals surface area contributed by atoms with E-state index in [4.69, 9.17) is 4.74 Å². The van der Waals surface area contributed by atoms with Crippen LogP contribution in [0, 0.1) is 34.5 Å². The van der Waals surface area contributed by atoms with E-state index in [0.29, 0.717) is 12.3 Å². The van der Waals surface area contributed by atoms with Crippen LogP contribution in [0.3, 0.4) is 0 Å². The molecule has 3 saturated carbocycles. The molecule has 0 aromatic rings. The summed E-state index contributed by atoms with van der Waals surface area (Å²) in [5, 5.41) is 11.3. The quantitative estimate of drug-likeness (QED) is 0.714. The lowest BCUT2D eigenvalue weighted by Gasteiger charge is -2.61. The zero-order valence-corrected chi connectivity index (χ0v) is 18.3. The van der Waals surface area contributed by atoms with E-state index in [1.165, 1.54) is 13.8 Å². The van der Waals surface area contributed by atoms with Crippen molar-refractivity contribution >= 4 is 17.5 Å². The zero-order chi connectivity index (χ0) is 21.4. The number of carbonyl (C=O) groups is 3. The standard InChI is InChI=1S/C24H34O5/c1-13-10-17-18-7-9-24(28,14(2)25)22(18,4)8-6-19(17)23(5)20(13)11-16(27)12-21(23)29-15(3)26/h11,13,17-19,21,28H,6-10,12H2,1-5H3/t13?,17-,18+,19+,21?,22+,23-,24-/m1/s1. The highest BCUT2D eigenvalue weighted by atomic mass is 16.5. The summed E-state index contributed by atoms with van der Waals surface area (Å²) in [6.45, 7) is 9.39. The number of hydrogen-bond acceptors (Lipinski definition) is 5. The Bertz CT molecular complexity index is 799. The van der Waals surface area contributed by atoms with Gasteiger partial charge in [0.05, 0.1) is 0 Å². The summed E-state index contributed by atoms with van der Waals surface area (Å²) >= 11 is 0. The minimum Gasteiger partial charge on any atom is -0.461 e. The molecule has 1 N–H and O–H groups in total. The summed E-state index contributed by atoms with van der Waals surface area (Å²) in [4.78, 5) is 36.7. The first-order valence-electron chi connectivity index (χ1n) is 11.1. The number of Topliss-reactive ketones (excluding diaryl/α,β-unsaturated/α-hetero) is 1. The Morgan fingerprint density at radius 3 is 2.41 bits per heavy atom. The van der Waals surface area contributed by atoms with E-state index < -0.39 is 17.1 Å². The van der Waals surface area contributed by atoms with E-state index in [9.17, 15) is 19.5 Å². The van der Waals surface area contributed by atoms with Crippen molar-refractivity contribution in [3.63, 3.8) is 0 Å². The molecule has 0 heterocycles. The maximum Gasteiger partial charge on any atom is 0.302 e. The van der Waals surface area contributed by atoms with E-state index in [2.05, 4.69) is 20.8 Å². The van der Waals surface area contributed by atoms with Crippen LogP contribution in [-0.2, 0) is 19.1 Å². The second-order valence-corrected chi connectivity index (χ2v) is 10.6. The van der Waals surface area contributed by atoms with Crippen molar-refractivity contribution in [3.8, 4) is 0 Å². The number of ketones is 2. The summed E-state index contributed by atoms with van der Waals surface area (Å²) in [7, 11) is 0. The normalized spacial score (nSPS) is 48.8. The number of fused-ring (bicyclic) bond motifs is 5. The minimum atomic E-state index is -1.24. The molecule has 29 heavy (non-hydrogen) atoms. The van der Waals surface area contributed by atoms with Crippen LogP contribution in [0.15, 0.2) is 11.6 Å². The smallest absolute Gasteiger partial charge is 0.302 e. The fourth-order valence-electron chi connectivity index (χ4n) is 7.95. The van der Waals surface area contributed by atoms with E-state index >= 15 is 0 Å². The Kier molecular flexibility index (Phi) is 4.66. The largest absolute Gasteiger partial charge is 0.461 e. The molecule has 4 rings (SSSR count). The Hall–Kier alpha value is -1.49. The van der Waals surface area contributed by atoms with Crippen molar-refractivity contribution in [1.82, 2.24) is 0 Å². The maximum atomic E-state index is 12.4. The molecule has 3 fully saturated rings. The van der Waals surface area contributed by atoms with Crippen molar-refractivity contribution in [1.29, 1.82) is 0 Å². The summed E-state index contributed by atoms with van der Waals surface area (Å²) in [5.74, 6) is 0.718. The fraction of sp³-hybridized carbons (Fsp3) is 0.792. The maximum absolute atomic E-state index is 12.4. The van der Waals surface area contributed by atoms with Crippen molar-refractivity contribution in [3.05, 3.63) is 11.6 Å². The van der Waals surface area contributed by atoms with Gasteiger partial charge in [0.1, 0.15) is 11.7 Å². The van der Waals surface area contributed by atoms with Gasteiger partial charge < -0.3 is 9.84 Å². The number of aliphatic hydroxyl groups is 1. The van der Waals surface area contributed by atoms with Crippen LogP contribution in [0.4, 0.5) is 0 Å². The predicted octanol–water partition coefficient (Wildman–Crippen LogP) is 3.63. The first kappa shape index (κ1) is 20.8. The molecule has 0 spiro atoms. The van der Waals surface area contributed by atoms with Gasteiger partial charge in [-0.05, 0) is 68.8 Å². The SMILES string of the molecule is CC(=O)OC1CC(=O)C=C2C(C)C[C@@H]3[C@@H]4CC[C@@](O)(C(C)=O)[C@@]4(C)CC[C@@H]3[C@]21C. The number of ether oxygens (including phenoxy) is 1. The number of rotatable bonds is 2. The average Bonchev–Trinajstić information content (AvgIpc) is 2.90.